The minimum atomic E-state index is -1.08. The molecule has 0 radical (unpaired) electrons. The first-order valence-electron chi connectivity index (χ1n) is 13.7. The highest BCUT2D eigenvalue weighted by molar-refractivity contribution is 8.02. The molecule has 226 valence electrons. The average molecular weight is 633 g/mol. The van der Waals surface area contributed by atoms with Crippen LogP contribution in [0.15, 0.2) is 97.2 Å². The Hall–Kier alpha value is -4.41. The van der Waals surface area contributed by atoms with Crippen LogP contribution in [-0.2, 0) is 28.6 Å². The molecule has 0 N–H and O–H groups in total. The molecule has 0 saturated carbocycles. The molecule has 2 saturated heterocycles. The molecule has 3 heterocycles. The number of nitrogens with zero attached hydrogens (tertiary/aromatic N) is 2. The summed E-state index contributed by atoms with van der Waals surface area (Å²) in [5.41, 5.74) is 2.54. The summed E-state index contributed by atoms with van der Waals surface area (Å²) in [5, 5.41) is -0.551. The first kappa shape index (κ1) is 31.0. The molecule has 0 aliphatic carbocycles. The Morgan fingerprint density at radius 3 is 2.34 bits per heavy atom. The molecule has 2 aliphatic rings. The van der Waals surface area contributed by atoms with Crippen molar-refractivity contribution in [1.29, 1.82) is 0 Å². The van der Waals surface area contributed by atoms with Crippen molar-refractivity contribution in [3.63, 3.8) is 0 Å². The number of esters is 3. The Morgan fingerprint density at radius 2 is 1.73 bits per heavy atom. The quantitative estimate of drug-likeness (QED) is 0.0723. The SMILES string of the molecule is C=CCOC(=O)c1ccnc(/C=C2/C(=O)N3C2S[C@@](C)(COC(=O)CCl)[C@@H]3C(=O)OC(c2ccccc2)c2ccccc2)c1. The van der Waals surface area contributed by atoms with Gasteiger partial charge in [0.1, 0.15) is 30.5 Å². The summed E-state index contributed by atoms with van der Waals surface area (Å²) in [6, 6.07) is 20.6. The summed E-state index contributed by atoms with van der Waals surface area (Å²) in [5.74, 6) is -2.58. The first-order valence-corrected chi connectivity index (χ1v) is 15.2. The van der Waals surface area contributed by atoms with E-state index in [9.17, 15) is 19.2 Å². The Kier molecular flexibility index (Phi) is 9.51. The molecule has 1 amide bonds. The fraction of sp³-hybridized carbons (Fsp3) is 0.242. The fourth-order valence-electron chi connectivity index (χ4n) is 5.10. The van der Waals surface area contributed by atoms with Crippen molar-refractivity contribution in [2.75, 3.05) is 19.1 Å². The topological polar surface area (TPSA) is 112 Å². The number of alkyl halides is 1. The van der Waals surface area contributed by atoms with Crippen LogP contribution in [0.25, 0.3) is 6.08 Å². The minimum absolute atomic E-state index is 0.0590. The maximum absolute atomic E-state index is 14.1. The molecule has 5 rings (SSSR count). The first-order chi connectivity index (χ1) is 21.3. The number of fused-ring (bicyclic) bond motifs is 1. The molecular formula is C33H29ClN2O7S. The highest BCUT2D eigenvalue weighted by Crippen LogP contribution is 2.54. The van der Waals surface area contributed by atoms with E-state index in [1.54, 1.807) is 13.0 Å². The number of hydrogen-bond acceptors (Lipinski definition) is 9. The van der Waals surface area contributed by atoms with Gasteiger partial charge < -0.3 is 19.1 Å². The van der Waals surface area contributed by atoms with Crippen molar-refractivity contribution in [2.24, 2.45) is 0 Å². The lowest BCUT2D eigenvalue weighted by Crippen LogP contribution is -2.60. The average Bonchev–Trinajstić information content (AvgIpc) is 3.34. The van der Waals surface area contributed by atoms with Gasteiger partial charge in [0.2, 0.25) is 0 Å². The van der Waals surface area contributed by atoms with Gasteiger partial charge in [0.25, 0.3) is 5.91 Å². The van der Waals surface area contributed by atoms with Gasteiger partial charge in [-0.3, -0.25) is 14.6 Å². The van der Waals surface area contributed by atoms with Crippen molar-refractivity contribution in [1.82, 2.24) is 9.88 Å². The van der Waals surface area contributed by atoms with Gasteiger partial charge in [-0.25, -0.2) is 9.59 Å². The zero-order valence-corrected chi connectivity index (χ0v) is 25.3. The Labute approximate surface area is 263 Å². The Bertz CT molecular complexity index is 1560. The third-order valence-electron chi connectivity index (χ3n) is 7.18. The van der Waals surface area contributed by atoms with E-state index in [4.69, 9.17) is 25.8 Å². The molecule has 11 heteroatoms. The number of benzene rings is 2. The summed E-state index contributed by atoms with van der Waals surface area (Å²) in [7, 11) is 0. The van der Waals surface area contributed by atoms with Crippen LogP contribution in [0.2, 0.25) is 0 Å². The van der Waals surface area contributed by atoms with Crippen LogP contribution >= 0.6 is 23.4 Å². The molecule has 44 heavy (non-hydrogen) atoms. The molecule has 3 atom stereocenters. The number of halogens is 1. The lowest BCUT2D eigenvalue weighted by molar-refractivity contribution is -0.162. The molecule has 2 aliphatic heterocycles. The smallest absolute Gasteiger partial charge is 0.338 e. The van der Waals surface area contributed by atoms with Crippen LogP contribution in [0.1, 0.15) is 40.2 Å². The van der Waals surface area contributed by atoms with E-state index >= 15 is 0 Å². The summed E-state index contributed by atoms with van der Waals surface area (Å²) in [4.78, 5) is 57.7. The molecule has 0 bridgehead atoms. The van der Waals surface area contributed by atoms with Gasteiger partial charge >= 0.3 is 17.9 Å². The second kappa shape index (κ2) is 13.5. The van der Waals surface area contributed by atoms with Gasteiger partial charge in [0.05, 0.1) is 21.6 Å². The predicted octanol–water partition coefficient (Wildman–Crippen LogP) is 4.97. The lowest BCUT2D eigenvalue weighted by atomic mass is 9.93. The van der Waals surface area contributed by atoms with Crippen molar-refractivity contribution in [3.8, 4) is 0 Å². The number of rotatable bonds is 11. The number of carbonyl (C=O) groups is 4. The molecule has 1 aromatic heterocycles. The van der Waals surface area contributed by atoms with Crippen LogP contribution in [0.5, 0.6) is 0 Å². The van der Waals surface area contributed by atoms with Gasteiger partial charge in [0, 0.05) is 6.20 Å². The van der Waals surface area contributed by atoms with Crippen LogP contribution in [0.3, 0.4) is 0 Å². The molecule has 9 nitrogen and oxygen atoms in total. The van der Waals surface area contributed by atoms with E-state index in [-0.39, 0.29) is 24.7 Å². The zero-order chi connectivity index (χ0) is 31.3. The number of pyridine rings is 1. The molecular weight excluding hydrogens is 604 g/mol. The molecule has 2 aromatic carbocycles. The van der Waals surface area contributed by atoms with Gasteiger partial charge in [-0.05, 0) is 36.3 Å². The summed E-state index contributed by atoms with van der Waals surface area (Å²) in [6.45, 7) is 5.17. The van der Waals surface area contributed by atoms with E-state index in [2.05, 4.69) is 11.6 Å². The van der Waals surface area contributed by atoms with E-state index in [1.807, 2.05) is 60.7 Å². The highest BCUT2D eigenvalue weighted by atomic mass is 35.5. The number of ether oxygens (including phenoxy) is 3. The second-order valence-electron chi connectivity index (χ2n) is 10.3. The van der Waals surface area contributed by atoms with Crippen LogP contribution < -0.4 is 0 Å². The maximum atomic E-state index is 14.1. The fourth-order valence-corrected chi connectivity index (χ4v) is 6.78. The number of thioether (sulfide) groups is 1. The van der Waals surface area contributed by atoms with Gasteiger partial charge in [-0.15, -0.1) is 23.4 Å². The van der Waals surface area contributed by atoms with E-state index in [1.165, 1.54) is 41.1 Å². The van der Waals surface area contributed by atoms with Gasteiger partial charge in [0.15, 0.2) is 6.10 Å². The summed E-state index contributed by atoms with van der Waals surface area (Å²) in [6.07, 6.45) is 3.76. The van der Waals surface area contributed by atoms with Crippen LogP contribution in [0.4, 0.5) is 0 Å². The summed E-state index contributed by atoms with van der Waals surface area (Å²) >= 11 is 6.97. The number of amides is 1. The molecule has 0 spiro atoms. The third-order valence-corrected chi connectivity index (χ3v) is 8.98. The number of hydrogen-bond donors (Lipinski definition) is 0. The van der Waals surface area contributed by atoms with Crippen molar-refractivity contribution < 1.29 is 33.4 Å². The number of β-lactam (4-membered cyclic amide) rings is 1. The number of aromatic nitrogens is 1. The standard InChI is InChI=1S/C33H29ClN2O7S/c1-3-16-41-31(39)23-14-15-35-24(17-23)18-25-29(38)36-28(33(2,44-30(25)36)20-42-26(37)19-34)32(40)43-27(21-10-6-4-7-11-21)22-12-8-5-9-13-22/h3-15,17-18,27-28,30H,1,16,19-20H2,2H3/b25-18-/t28-,30?,33-/m0/s1. The maximum Gasteiger partial charge on any atom is 0.338 e. The Morgan fingerprint density at radius 1 is 1.07 bits per heavy atom. The van der Waals surface area contributed by atoms with Crippen molar-refractivity contribution in [2.45, 2.75) is 29.2 Å². The van der Waals surface area contributed by atoms with Crippen LogP contribution in [-0.4, -0.2) is 69.0 Å². The monoisotopic (exact) mass is 632 g/mol. The molecule has 1 unspecified atom stereocenters. The van der Waals surface area contributed by atoms with Gasteiger partial charge in [-0.1, -0.05) is 73.3 Å². The van der Waals surface area contributed by atoms with Crippen molar-refractivity contribution >= 4 is 53.3 Å². The molecule has 2 fully saturated rings. The zero-order valence-electron chi connectivity index (χ0n) is 23.8. The van der Waals surface area contributed by atoms with Crippen LogP contribution in [0, 0.1) is 0 Å². The van der Waals surface area contributed by atoms with E-state index in [0.29, 0.717) is 11.3 Å². The highest BCUT2D eigenvalue weighted by Gasteiger charge is 2.64. The number of carbonyl (C=O) groups excluding carboxylic acids is 4. The lowest BCUT2D eigenvalue weighted by Gasteiger charge is -2.40. The van der Waals surface area contributed by atoms with E-state index in [0.717, 1.165) is 11.1 Å². The normalized spacial score (nSPS) is 21.4. The predicted molar refractivity (Wildman–Crippen MR) is 166 cm³/mol. The Balaban J connectivity index is 1.45. The third kappa shape index (κ3) is 6.41. The van der Waals surface area contributed by atoms with Crippen molar-refractivity contribution in [3.05, 3.63) is 120 Å². The molecule has 3 aromatic rings. The van der Waals surface area contributed by atoms with E-state index < -0.39 is 46.1 Å². The largest absolute Gasteiger partial charge is 0.463 e. The second-order valence-corrected chi connectivity index (χ2v) is 12.2. The van der Waals surface area contributed by atoms with Gasteiger partial charge in [-0.2, -0.15) is 0 Å². The minimum Gasteiger partial charge on any atom is -0.463 e. The summed E-state index contributed by atoms with van der Waals surface area (Å²) < 4.78 is 15.6.